The monoisotopic (exact) mass is 364 g/mol. The van der Waals surface area contributed by atoms with Crippen molar-refractivity contribution in [2.45, 2.75) is 0 Å². The minimum absolute atomic E-state index is 0.0802. The molecule has 0 spiro atoms. The molecule has 0 aliphatic carbocycles. The summed E-state index contributed by atoms with van der Waals surface area (Å²) in [5, 5.41) is 28.1. The first kappa shape index (κ1) is 16.6. The van der Waals surface area contributed by atoms with E-state index < -0.39 is 39.8 Å². The molecule has 3 N–H and O–H groups in total. The van der Waals surface area contributed by atoms with Crippen LogP contribution in [0.1, 0.15) is 20.7 Å². The maximum atomic E-state index is 12.7. The second-order valence-corrected chi connectivity index (χ2v) is 5.46. The van der Waals surface area contributed by atoms with Gasteiger partial charge < -0.3 is 24.5 Å². The lowest BCUT2D eigenvalue weighted by Crippen LogP contribution is -2.10. The Bertz CT molecular complexity index is 1130. The van der Waals surface area contributed by atoms with Crippen molar-refractivity contribution >= 4 is 45.5 Å². The van der Waals surface area contributed by atoms with E-state index in [4.69, 9.17) is 16.0 Å². The number of fused-ring (bicyclic) bond motifs is 2. The maximum Gasteiger partial charge on any atom is 0.340 e. The maximum absolute atomic E-state index is 12.7. The Morgan fingerprint density at radius 3 is 2.40 bits per heavy atom. The lowest BCUT2D eigenvalue weighted by molar-refractivity contribution is 0.0599. The highest BCUT2D eigenvalue weighted by atomic mass is 35.5. The summed E-state index contributed by atoms with van der Waals surface area (Å²) in [7, 11) is 1.14. The molecule has 8 nitrogen and oxygen atoms in total. The predicted octanol–water partition coefficient (Wildman–Crippen LogP) is 2.50. The van der Waals surface area contributed by atoms with Gasteiger partial charge in [0.2, 0.25) is 5.43 Å². The first-order valence-electron chi connectivity index (χ1n) is 6.72. The summed E-state index contributed by atoms with van der Waals surface area (Å²) in [6, 6.07) is 3.07. The molecule has 0 atom stereocenters. The zero-order chi connectivity index (χ0) is 18.5. The number of hydrogen-bond acceptors (Lipinski definition) is 7. The van der Waals surface area contributed by atoms with Crippen LogP contribution in [0.2, 0.25) is 5.02 Å². The van der Waals surface area contributed by atoms with E-state index in [0.29, 0.717) is 0 Å². The van der Waals surface area contributed by atoms with Gasteiger partial charge in [-0.25, -0.2) is 9.59 Å². The van der Waals surface area contributed by atoms with Crippen LogP contribution in [0.25, 0.3) is 21.9 Å². The number of aromatic carboxylic acids is 1. The van der Waals surface area contributed by atoms with Crippen LogP contribution in [-0.2, 0) is 4.74 Å². The van der Waals surface area contributed by atoms with Crippen LogP contribution in [0.15, 0.2) is 27.4 Å². The van der Waals surface area contributed by atoms with Crippen LogP contribution in [0.3, 0.4) is 0 Å². The molecule has 0 bridgehead atoms. The van der Waals surface area contributed by atoms with Crippen molar-refractivity contribution in [1.82, 2.24) is 0 Å². The Balaban J connectivity index is 2.57. The van der Waals surface area contributed by atoms with Gasteiger partial charge in [-0.15, -0.1) is 0 Å². The van der Waals surface area contributed by atoms with Gasteiger partial charge in [0.05, 0.1) is 23.1 Å². The largest absolute Gasteiger partial charge is 0.507 e. The Kier molecular flexibility index (Phi) is 3.77. The van der Waals surface area contributed by atoms with Crippen molar-refractivity contribution in [3.8, 4) is 11.5 Å². The van der Waals surface area contributed by atoms with Gasteiger partial charge in [0.25, 0.3) is 0 Å². The van der Waals surface area contributed by atoms with Crippen LogP contribution >= 0.6 is 11.6 Å². The van der Waals surface area contributed by atoms with Crippen LogP contribution in [0.4, 0.5) is 0 Å². The Hall–Kier alpha value is -3.26. The number of methoxy groups -OCH3 is 1. The van der Waals surface area contributed by atoms with Crippen LogP contribution in [0, 0.1) is 0 Å². The average molecular weight is 365 g/mol. The predicted molar refractivity (Wildman–Crippen MR) is 86.6 cm³/mol. The number of phenols is 2. The van der Waals surface area contributed by atoms with E-state index in [1.807, 2.05) is 0 Å². The van der Waals surface area contributed by atoms with E-state index in [1.54, 1.807) is 0 Å². The summed E-state index contributed by atoms with van der Waals surface area (Å²) >= 11 is 5.94. The Morgan fingerprint density at radius 2 is 1.80 bits per heavy atom. The molecule has 0 amide bonds. The van der Waals surface area contributed by atoms with Crippen molar-refractivity contribution < 1.29 is 34.1 Å². The van der Waals surface area contributed by atoms with E-state index >= 15 is 0 Å². The molecule has 128 valence electrons. The topological polar surface area (TPSA) is 134 Å². The standard InChI is InChI=1S/C16H9ClO8/c1-24-16(23)5-2-7(18)10-9(3-5)25-14-6(17)4-8(19)11(15(21)22)12(14)13(10)20/h2-4,18-19H,1H3,(H,21,22). The van der Waals surface area contributed by atoms with E-state index in [-0.39, 0.29) is 27.1 Å². The van der Waals surface area contributed by atoms with Gasteiger partial charge >= 0.3 is 11.9 Å². The summed E-state index contributed by atoms with van der Waals surface area (Å²) in [4.78, 5) is 35.7. The van der Waals surface area contributed by atoms with Crippen molar-refractivity contribution in [2.75, 3.05) is 7.11 Å². The number of carbonyl (C=O) groups is 2. The third kappa shape index (κ3) is 2.43. The quantitative estimate of drug-likeness (QED) is 0.466. The molecule has 0 unspecified atom stereocenters. The van der Waals surface area contributed by atoms with E-state index in [2.05, 4.69) is 4.74 Å². The fraction of sp³-hybridized carbons (Fsp3) is 0.0625. The van der Waals surface area contributed by atoms with E-state index in [1.165, 1.54) is 0 Å². The lowest BCUT2D eigenvalue weighted by atomic mass is 10.0. The second kappa shape index (κ2) is 5.67. The molecule has 0 aliphatic rings. The lowest BCUT2D eigenvalue weighted by Gasteiger charge is -2.09. The van der Waals surface area contributed by atoms with Gasteiger partial charge in [-0.3, -0.25) is 4.79 Å². The number of hydrogen-bond donors (Lipinski definition) is 3. The summed E-state index contributed by atoms with van der Waals surface area (Å²) in [5.74, 6) is -3.67. The molecule has 0 radical (unpaired) electrons. The molecule has 0 aliphatic heterocycles. The van der Waals surface area contributed by atoms with Crippen LogP contribution < -0.4 is 5.43 Å². The normalized spacial score (nSPS) is 11.0. The van der Waals surface area contributed by atoms with Crippen LogP contribution in [-0.4, -0.2) is 34.4 Å². The molecular formula is C16H9ClO8. The third-order valence-electron chi connectivity index (χ3n) is 3.60. The average Bonchev–Trinajstić information content (AvgIpc) is 2.54. The third-order valence-corrected chi connectivity index (χ3v) is 3.88. The summed E-state index contributed by atoms with van der Waals surface area (Å²) in [6.07, 6.45) is 0. The number of halogens is 1. The van der Waals surface area contributed by atoms with E-state index in [0.717, 1.165) is 25.3 Å². The van der Waals surface area contributed by atoms with E-state index in [9.17, 15) is 29.7 Å². The zero-order valence-electron chi connectivity index (χ0n) is 12.5. The number of carboxylic acid groups (broad SMARTS) is 1. The van der Waals surface area contributed by atoms with Crippen molar-refractivity contribution in [3.05, 3.63) is 44.6 Å². The molecule has 0 saturated carbocycles. The molecule has 1 aromatic heterocycles. The van der Waals surface area contributed by atoms with Gasteiger partial charge in [0.1, 0.15) is 28.0 Å². The zero-order valence-corrected chi connectivity index (χ0v) is 13.2. The summed E-state index contributed by atoms with van der Waals surface area (Å²) in [5.41, 5.74) is -2.19. The fourth-order valence-corrected chi connectivity index (χ4v) is 2.77. The van der Waals surface area contributed by atoms with Crippen molar-refractivity contribution in [3.63, 3.8) is 0 Å². The molecule has 3 rings (SSSR count). The minimum atomic E-state index is -1.57. The first-order valence-corrected chi connectivity index (χ1v) is 7.10. The number of rotatable bonds is 2. The molecule has 1 heterocycles. The van der Waals surface area contributed by atoms with Crippen LogP contribution in [0.5, 0.6) is 11.5 Å². The Morgan fingerprint density at radius 1 is 1.12 bits per heavy atom. The highest BCUT2D eigenvalue weighted by Gasteiger charge is 2.24. The molecule has 0 saturated heterocycles. The second-order valence-electron chi connectivity index (χ2n) is 5.05. The smallest absolute Gasteiger partial charge is 0.340 e. The van der Waals surface area contributed by atoms with Gasteiger partial charge in [0.15, 0.2) is 5.58 Å². The fourth-order valence-electron chi connectivity index (χ4n) is 2.53. The number of esters is 1. The van der Waals surface area contributed by atoms with Gasteiger partial charge in [-0.2, -0.15) is 0 Å². The molecule has 3 aromatic rings. The SMILES string of the molecule is COC(=O)c1cc(O)c2c(=O)c3c(C(=O)O)c(O)cc(Cl)c3oc2c1. The number of aromatic hydroxyl groups is 2. The number of benzene rings is 2. The number of carbonyl (C=O) groups excluding carboxylic acids is 1. The van der Waals surface area contributed by atoms with Crippen molar-refractivity contribution in [1.29, 1.82) is 0 Å². The number of carboxylic acids is 1. The number of ether oxygens (including phenoxy) is 1. The van der Waals surface area contributed by atoms with Gasteiger partial charge in [-0.1, -0.05) is 11.6 Å². The highest BCUT2D eigenvalue weighted by molar-refractivity contribution is 6.36. The van der Waals surface area contributed by atoms with Gasteiger partial charge in [-0.05, 0) is 12.1 Å². The van der Waals surface area contributed by atoms with Crippen molar-refractivity contribution in [2.24, 2.45) is 0 Å². The van der Waals surface area contributed by atoms with Gasteiger partial charge in [0, 0.05) is 6.07 Å². The summed E-state index contributed by atoms with van der Waals surface area (Å²) in [6.45, 7) is 0. The molecule has 0 fully saturated rings. The minimum Gasteiger partial charge on any atom is -0.507 e. The molecular weight excluding hydrogens is 356 g/mol. The first-order chi connectivity index (χ1) is 11.8. The Labute approximate surface area is 143 Å². The number of phenolic OH excluding ortho intramolecular Hbond substituents is 1. The highest BCUT2D eigenvalue weighted by Crippen LogP contribution is 2.35. The molecule has 25 heavy (non-hydrogen) atoms. The summed E-state index contributed by atoms with van der Waals surface area (Å²) < 4.78 is 9.99. The molecule has 9 heteroatoms. The molecule has 2 aromatic carbocycles.